The summed E-state index contributed by atoms with van der Waals surface area (Å²) >= 11 is 0. The molecule has 47 heavy (non-hydrogen) atoms. The van der Waals surface area contributed by atoms with E-state index in [0.717, 1.165) is 31.2 Å². The fraction of sp³-hybridized carbons (Fsp3) is 0.417. The number of halogens is 3. The number of ether oxygens (including phenoxy) is 1. The minimum absolute atomic E-state index is 0.00319. The van der Waals surface area contributed by atoms with Gasteiger partial charge >= 0.3 is 6.18 Å². The number of nitrogens with one attached hydrogen (secondary N) is 2. The van der Waals surface area contributed by atoms with E-state index >= 15 is 0 Å². The molecular weight excluding hydrogens is 609 g/mol. The quantitative estimate of drug-likeness (QED) is 0.273. The van der Waals surface area contributed by atoms with Crippen molar-refractivity contribution in [1.82, 2.24) is 20.4 Å². The third kappa shape index (κ3) is 7.30. The molecular formula is C36H37F3N4O4. The topological polar surface area (TPSA) is 91.0 Å². The van der Waals surface area contributed by atoms with Gasteiger partial charge in [0, 0.05) is 61.6 Å². The van der Waals surface area contributed by atoms with Crippen LogP contribution in [0.25, 0.3) is 0 Å². The molecule has 7 rings (SSSR count). The number of likely N-dealkylation sites (tertiary alicyclic amines) is 2. The lowest BCUT2D eigenvalue weighted by molar-refractivity contribution is -0.158. The predicted molar refractivity (Wildman–Crippen MR) is 168 cm³/mol. The third-order valence-corrected chi connectivity index (χ3v) is 9.41. The standard InChI is InChI=1S/C36H37F3N4O4/c37-36(38,39)34(40-27-10-11-27)23-8-14-30(15-9-23)47-31-16-24(35(46)41-28-18-33(45)43(21-28)29-12-13-29)6-7-25(31)19-42-20-26(17-32(42)44)22-4-2-1-3-5-22/h1-9,14-16,26-29,34,40H,10-13,17-21H2,(H,41,46). The van der Waals surface area contributed by atoms with Gasteiger partial charge in [0.25, 0.3) is 5.91 Å². The van der Waals surface area contributed by atoms with E-state index in [0.29, 0.717) is 42.1 Å². The first-order valence-corrected chi connectivity index (χ1v) is 16.3. The summed E-state index contributed by atoms with van der Waals surface area (Å²) in [7, 11) is 0. The molecule has 2 saturated heterocycles. The smallest absolute Gasteiger partial charge is 0.407 e. The molecule has 0 bridgehead atoms. The second-order valence-corrected chi connectivity index (χ2v) is 13.1. The van der Waals surface area contributed by atoms with Crippen molar-refractivity contribution in [2.24, 2.45) is 0 Å². The molecule has 3 unspecified atom stereocenters. The average molecular weight is 647 g/mol. The Kier molecular flexibility index (Phi) is 8.42. The van der Waals surface area contributed by atoms with E-state index in [-0.39, 0.29) is 60.3 Å². The molecule has 4 fully saturated rings. The predicted octanol–water partition coefficient (Wildman–Crippen LogP) is 5.84. The zero-order valence-corrected chi connectivity index (χ0v) is 25.8. The molecule has 0 aromatic heterocycles. The molecule has 246 valence electrons. The lowest BCUT2D eigenvalue weighted by atomic mass is 9.98. The van der Waals surface area contributed by atoms with Gasteiger partial charge in [-0.15, -0.1) is 0 Å². The second-order valence-electron chi connectivity index (χ2n) is 13.1. The normalized spacial score (nSPS) is 22.1. The van der Waals surface area contributed by atoms with Crippen LogP contribution in [0, 0.1) is 0 Å². The SMILES string of the molecule is O=C(NC1CC(=O)N(C2CC2)C1)c1ccc(CN2CC(c3ccccc3)CC2=O)c(Oc2ccc(C(NC3CC3)C(F)(F)F)cc2)c1. The lowest BCUT2D eigenvalue weighted by Gasteiger charge is -2.23. The van der Waals surface area contributed by atoms with Crippen LogP contribution >= 0.6 is 0 Å². The van der Waals surface area contributed by atoms with Crippen LogP contribution in [0.15, 0.2) is 72.8 Å². The van der Waals surface area contributed by atoms with E-state index in [1.807, 2.05) is 35.2 Å². The molecule has 2 aliphatic carbocycles. The Morgan fingerprint density at radius 1 is 0.872 bits per heavy atom. The molecule has 2 N–H and O–H groups in total. The molecule has 2 saturated carbocycles. The lowest BCUT2D eigenvalue weighted by Crippen LogP contribution is -2.37. The first-order valence-electron chi connectivity index (χ1n) is 16.3. The number of rotatable bonds is 11. The monoisotopic (exact) mass is 646 g/mol. The molecule has 3 atom stereocenters. The van der Waals surface area contributed by atoms with E-state index in [4.69, 9.17) is 4.74 Å². The highest BCUT2D eigenvalue weighted by Gasteiger charge is 2.43. The molecule has 3 amide bonds. The Morgan fingerprint density at radius 2 is 1.62 bits per heavy atom. The number of carbonyl (C=O) groups excluding carboxylic acids is 3. The zero-order valence-electron chi connectivity index (χ0n) is 25.8. The molecule has 2 aliphatic heterocycles. The Balaban J connectivity index is 1.11. The summed E-state index contributed by atoms with van der Waals surface area (Å²) < 4.78 is 47.7. The van der Waals surface area contributed by atoms with E-state index in [1.54, 1.807) is 23.1 Å². The van der Waals surface area contributed by atoms with Gasteiger partial charge in [-0.05, 0) is 61.1 Å². The Morgan fingerprint density at radius 3 is 2.30 bits per heavy atom. The van der Waals surface area contributed by atoms with Crippen LogP contribution in [0.2, 0.25) is 0 Å². The van der Waals surface area contributed by atoms with Gasteiger partial charge in [0.05, 0.1) is 6.04 Å². The van der Waals surface area contributed by atoms with Gasteiger partial charge in [-0.1, -0.05) is 48.5 Å². The maximum absolute atomic E-state index is 13.8. The number of hydrogen-bond acceptors (Lipinski definition) is 5. The van der Waals surface area contributed by atoms with Gasteiger partial charge in [0.1, 0.15) is 17.5 Å². The van der Waals surface area contributed by atoms with E-state index in [2.05, 4.69) is 10.6 Å². The van der Waals surface area contributed by atoms with Crippen molar-refractivity contribution in [3.05, 3.63) is 95.1 Å². The molecule has 0 radical (unpaired) electrons. The van der Waals surface area contributed by atoms with Gasteiger partial charge in [0.2, 0.25) is 11.8 Å². The first-order chi connectivity index (χ1) is 22.6. The molecule has 0 spiro atoms. The second kappa shape index (κ2) is 12.7. The summed E-state index contributed by atoms with van der Waals surface area (Å²) in [5.74, 6) is 0.380. The number of hydrogen-bond donors (Lipinski definition) is 2. The molecule has 2 heterocycles. The van der Waals surface area contributed by atoms with Crippen LogP contribution in [0.4, 0.5) is 13.2 Å². The Labute approximate surface area is 271 Å². The number of alkyl halides is 3. The van der Waals surface area contributed by atoms with Crippen molar-refractivity contribution >= 4 is 17.7 Å². The van der Waals surface area contributed by atoms with Gasteiger partial charge < -0.3 is 19.9 Å². The molecule has 3 aromatic rings. The van der Waals surface area contributed by atoms with Crippen LogP contribution in [-0.4, -0.2) is 64.9 Å². The molecule has 4 aliphatic rings. The summed E-state index contributed by atoms with van der Waals surface area (Å²) in [4.78, 5) is 42.4. The highest BCUT2D eigenvalue weighted by atomic mass is 19.4. The zero-order chi connectivity index (χ0) is 32.7. The van der Waals surface area contributed by atoms with Gasteiger partial charge in [-0.3, -0.25) is 19.7 Å². The maximum Gasteiger partial charge on any atom is 0.407 e. The van der Waals surface area contributed by atoms with E-state index in [1.165, 1.54) is 24.3 Å². The van der Waals surface area contributed by atoms with Gasteiger partial charge in [-0.2, -0.15) is 13.2 Å². The van der Waals surface area contributed by atoms with Crippen LogP contribution in [0.3, 0.4) is 0 Å². The minimum atomic E-state index is -4.45. The Hall–Kier alpha value is -4.38. The number of amides is 3. The fourth-order valence-electron chi connectivity index (χ4n) is 6.56. The van der Waals surface area contributed by atoms with Crippen molar-refractivity contribution < 1.29 is 32.3 Å². The van der Waals surface area contributed by atoms with E-state index in [9.17, 15) is 27.6 Å². The van der Waals surface area contributed by atoms with Gasteiger partial charge in [0.15, 0.2) is 0 Å². The summed E-state index contributed by atoms with van der Waals surface area (Å²) in [6.45, 7) is 1.25. The summed E-state index contributed by atoms with van der Waals surface area (Å²) in [6, 6.07) is 18.7. The average Bonchev–Trinajstić information content (AvgIpc) is 3.99. The Bertz CT molecular complexity index is 1640. The van der Waals surface area contributed by atoms with Gasteiger partial charge in [-0.25, -0.2) is 0 Å². The van der Waals surface area contributed by atoms with Crippen molar-refractivity contribution in [3.63, 3.8) is 0 Å². The largest absolute Gasteiger partial charge is 0.457 e. The summed E-state index contributed by atoms with van der Waals surface area (Å²) in [5, 5.41) is 5.65. The fourth-order valence-corrected chi connectivity index (χ4v) is 6.56. The van der Waals surface area contributed by atoms with Crippen LogP contribution in [0.5, 0.6) is 11.5 Å². The third-order valence-electron chi connectivity index (χ3n) is 9.41. The van der Waals surface area contributed by atoms with E-state index < -0.39 is 12.2 Å². The minimum Gasteiger partial charge on any atom is -0.457 e. The van der Waals surface area contributed by atoms with Crippen LogP contribution in [0.1, 0.15) is 77.5 Å². The van der Waals surface area contributed by atoms with Crippen LogP contribution < -0.4 is 15.4 Å². The van der Waals surface area contributed by atoms with Crippen LogP contribution in [-0.2, 0) is 16.1 Å². The molecule has 11 heteroatoms. The van der Waals surface area contributed by atoms with Crippen molar-refractivity contribution in [1.29, 1.82) is 0 Å². The van der Waals surface area contributed by atoms with Crippen molar-refractivity contribution in [2.75, 3.05) is 13.1 Å². The molecule has 8 nitrogen and oxygen atoms in total. The number of benzene rings is 3. The summed E-state index contributed by atoms with van der Waals surface area (Å²) in [5.41, 5.74) is 2.16. The molecule has 3 aromatic carbocycles. The highest BCUT2D eigenvalue weighted by Crippen LogP contribution is 2.38. The number of carbonyl (C=O) groups is 3. The maximum atomic E-state index is 13.8. The number of nitrogens with zero attached hydrogens (tertiary/aromatic N) is 2. The summed E-state index contributed by atoms with van der Waals surface area (Å²) in [6.07, 6.45) is -0.368. The van der Waals surface area contributed by atoms with Crippen molar-refractivity contribution in [3.8, 4) is 11.5 Å². The highest BCUT2D eigenvalue weighted by molar-refractivity contribution is 5.95. The van der Waals surface area contributed by atoms with Crippen molar-refractivity contribution in [2.45, 2.75) is 81.3 Å². The first kappa shape index (κ1) is 31.2.